The van der Waals surface area contributed by atoms with Gasteiger partial charge in [-0.1, -0.05) is 12.2 Å². The Kier molecular flexibility index (Phi) is 6.01. The van der Waals surface area contributed by atoms with Crippen LogP contribution in [0.3, 0.4) is 0 Å². The fourth-order valence-electron chi connectivity index (χ4n) is 2.49. The van der Waals surface area contributed by atoms with Crippen LogP contribution in [0.2, 0.25) is 0 Å². The summed E-state index contributed by atoms with van der Waals surface area (Å²) < 4.78 is 11.2. The number of carbonyl (C=O) groups is 1. The normalized spacial score (nSPS) is 17.3. The first kappa shape index (κ1) is 16.6. The molecule has 1 aromatic rings. The second kappa shape index (κ2) is 7.99. The molecule has 2 rings (SSSR count). The van der Waals surface area contributed by atoms with Crippen molar-refractivity contribution in [2.24, 2.45) is 0 Å². The lowest BCUT2D eigenvalue weighted by atomic mass is 10.1. The van der Waals surface area contributed by atoms with Gasteiger partial charge in [0.2, 0.25) is 0 Å². The second-order valence-electron chi connectivity index (χ2n) is 5.75. The summed E-state index contributed by atoms with van der Waals surface area (Å²) in [6, 6.07) is 7.32. The molecule has 0 bridgehead atoms. The standard InChI is InChI=1S/C18H25NO3/c1-4-19(12-14(2)3)18(20)15-7-9-16(10-8-15)22-13-17-6-5-11-21-17/h7-10,17H,2,4-6,11-13H2,1,3H3. The maximum absolute atomic E-state index is 12.4. The van der Waals surface area contributed by atoms with Gasteiger partial charge in [0.25, 0.3) is 5.91 Å². The van der Waals surface area contributed by atoms with Gasteiger partial charge in [-0.05, 0) is 51.0 Å². The van der Waals surface area contributed by atoms with Crippen LogP contribution in [-0.4, -0.2) is 43.2 Å². The zero-order valence-corrected chi connectivity index (χ0v) is 13.5. The smallest absolute Gasteiger partial charge is 0.254 e. The molecular weight excluding hydrogens is 278 g/mol. The molecule has 0 N–H and O–H groups in total. The van der Waals surface area contributed by atoms with Gasteiger partial charge in [-0.3, -0.25) is 4.79 Å². The maximum atomic E-state index is 12.4. The van der Waals surface area contributed by atoms with E-state index in [-0.39, 0.29) is 12.0 Å². The van der Waals surface area contributed by atoms with E-state index in [1.165, 1.54) is 0 Å². The summed E-state index contributed by atoms with van der Waals surface area (Å²) in [5, 5.41) is 0. The quantitative estimate of drug-likeness (QED) is 0.726. The van der Waals surface area contributed by atoms with Crippen molar-refractivity contribution in [3.63, 3.8) is 0 Å². The summed E-state index contributed by atoms with van der Waals surface area (Å²) in [5.41, 5.74) is 1.65. The van der Waals surface area contributed by atoms with Gasteiger partial charge < -0.3 is 14.4 Å². The summed E-state index contributed by atoms with van der Waals surface area (Å²) in [7, 11) is 0. The van der Waals surface area contributed by atoms with E-state index >= 15 is 0 Å². The molecule has 0 spiro atoms. The van der Waals surface area contributed by atoms with Crippen LogP contribution in [0, 0.1) is 0 Å². The van der Waals surface area contributed by atoms with Crippen molar-refractivity contribution < 1.29 is 14.3 Å². The van der Waals surface area contributed by atoms with E-state index in [0.29, 0.717) is 25.3 Å². The molecule has 0 radical (unpaired) electrons. The van der Waals surface area contributed by atoms with Crippen LogP contribution >= 0.6 is 0 Å². The summed E-state index contributed by atoms with van der Waals surface area (Å²) in [6.07, 6.45) is 2.37. The number of rotatable bonds is 7. The highest BCUT2D eigenvalue weighted by Gasteiger charge is 2.17. The minimum absolute atomic E-state index is 0.0242. The molecule has 1 amide bonds. The van der Waals surface area contributed by atoms with E-state index in [1.807, 2.05) is 38.1 Å². The highest BCUT2D eigenvalue weighted by molar-refractivity contribution is 5.94. The van der Waals surface area contributed by atoms with E-state index in [0.717, 1.165) is 30.8 Å². The van der Waals surface area contributed by atoms with Crippen LogP contribution in [-0.2, 0) is 4.74 Å². The fourth-order valence-corrected chi connectivity index (χ4v) is 2.49. The van der Waals surface area contributed by atoms with Gasteiger partial charge in [0.05, 0.1) is 6.10 Å². The average Bonchev–Trinajstić information content (AvgIpc) is 3.03. The minimum Gasteiger partial charge on any atom is -0.491 e. The summed E-state index contributed by atoms with van der Waals surface area (Å²) in [4.78, 5) is 14.2. The molecule has 1 aromatic carbocycles. The summed E-state index contributed by atoms with van der Waals surface area (Å²) >= 11 is 0. The number of amides is 1. The van der Waals surface area contributed by atoms with Gasteiger partial charge in [-0.25, -0.2) is 0 Å². The topological polar surface area (TPSA) is 38.8 Å². The van der Waals surface area contributed by atoms with Gasteiger partial charge in [0, 0.05) is 25.3 Å². The van der Waals surface area contributed by atoms with Gasteiger partial charge in [-0.2, -0.15) is 0 Å². The molecule has 0 saturated carbocycles. The molecule has 22 heavy (non-hydrogen) atoms. The molecular formula is C18H25NO3. The second-order valence-corrected chi connectivity index (χ2v) is 5.75. The Balaban J connectivity index is 1.92. The first-order chi connectivity index (χ1) is 10.6. The summed E-state index contributed by atoms with van der Waals surface area (Å²) in [5.74, 6) is 0.797. The third kappa shape index (κ3) is 4.60. The Labute approximate surface area is 132 Å². The largest absolute Gasteiger partial charge is 0.491 e. The van der Waals surface area contributed by atoms with Crippen molar-refractivity contribution in [1.29, 1.82) is 0 Å². The van der Waals surface area contributed by atoms with Crippen molar-refractivity contribution >= 4 is 5.91 Å². The number of hydrogen-bond donors (Lipinski definition) is 0. The molecule has 0 aliphatic carbocycles. The molecule has 1 atom stereocenters. The Morgan fingerprint density at radius 3 is 2.68 bits per heavy atom. The van der Waals surface area contributed by atoms with E-state index < -0.39 is 0 Å². The van der Waals surface area contributed by atoms with Gasteiger partial charge in [0.15, 0.2) is 0 Å². The molecule has 4 nitrogen and oxygen atoms in total. The van der Waals surface area contributed by atoms with E-state index in [2.05, 4.69) is 6.58 Å². The van der Waals surface area contributed by atoms with Gasteiger partial charge in [0.1, 0.15) is 12.4 Å². The van der Waals surface area contributed by atoms with Crippen molar-refractivity contribution in [3.05, 3.63) is 42.0 Å². The molecule has 1 aliphatic heterocycles. The number of nitrogens with zero attached hydrogens (tertiary/aromatic N) is 1. The molecule has 1 saturated heterocycles. The minimum atomic E-state index is 0.0242. The monoisotopic (exact) mass is 303 g/mol. The third-order valence-corrected chi connectivity index (χ3v) is 3.69. The fraction of sp³-hybridized carbons (Fsp3) is 0.500. The third-order valence-electron chi connectivity index (χ3n) is 3.69. The molecule has 120 valence electrons. The number of hydrogen-bond acceptors (Lipinski definition) is 3. The van der Waals surface area contributed by atoms with E-state index in [9.17, 15) is 4.79 Å². The molecule has 1 aliphatic rings. The van der Waals surface area contributed by atoms with E-state index in [4.69, 9.17) is 9.47 Å². The number of benzene rings is 1. The van der Waals surface area contributed by atoms with Crippen molar-refractivity contribution in [1.82, 2.24) is 4.90 Å². The Morgan fingerprint density at radius 2 is 2.14 bits per heavy atom. The molecule has 0 aromatic heterocycles. The Hall–Kier alpha value is -1.81. The Bertz CT molecular complexity index is 504. The van der Waals surface area contributed by atoms with Gasteiger partial charge >= 0.3 is 0 Å². The zero-order chi connectivity index (χ0) is 15.9. The molecule has 1 unspecified atom stereocenters. The average molecular weight is 303 g/mol. The molecule has 4 heteroatoms. The van der Waals surface area contributed by atoms with Crippen molar-refractivity contribution in [3.8, 4) is 5.75 Å². The number of carbonyl (C=O) groups excluding carboxylic acids is 1. The maximum Gasteiger partial charge on any atom is 0.254 e. The van der Waals surface area contributed by atoms with Crippen LogP contribution < -0.4 is 4.74 Å². The number of ether oxygens (including phenoxy) is 2. The molecule has 1 fully saturated rings. The lowest BCUT2D eigenvalue weighted by Crippen LogP contribution is -2.32. The summed E-state index contributed by atoms with van der Waals surface area (Å²) in [6.45, 7) is 10.4. The van der Waals surface area contributed by atoms with Crippen LogP contribution in [0.4, 0.5) is 0 Å². The highest BCUT2D eigenvalue weighted by Crippen LogP contribution is 2.17. The molecule has 1 heterocycles. The zero-order valence-electron chi connectivity index (χ0n) is 13.5. The lowest BCUT2D eigenvalue weighted by Gasteiger charge is -2.21. The van der Waals surface area contributed by atoms with Crippen LogP contribution in [0.15, 0.2) is 36.4 Å². The lowest BCUT2D eigenvalue weighted by molar-refractivity contribution is 0.0679. The Morgan fingerprint density at radius 1 is 1.41 bits per heavy atom. The first-order valence-electron chi connectivity index (χ1n) is 7.88. The SMILES string of the molecule is C=C(C)CN(CC)C(=O)c1ccc(OCC2CCCO2)cc1. The van der Waals surface area contributed by atoms with Crippen LogP contribution in [0.25, 0.3) is 0 Å². The number of likely N-dealkylation sites (N-methyl/N-ethyl adjacent to an activating group) is 1. The first-order valence-corrected chi connectivity index (χ1v) is 7.88. The van der Waals surface area contributed by atoms with Crippen LogP contribution in [0.1, 0.15) is 37.0 Å². The van der Waals surface area contributed by atoms with Crippen LogP contribution in [0.5, 0.6) is 5.75 Å². The highest BCUT2D eigenvalue weighted by atomic mass is 16.5. The van der Waals surface area contributed by atoms with Gasteiger partial charge in [-0.15, -0.1) is 0 Å². The predicted molar refractivity (Wildman–Crippen MR) is 87.3 cm³/mol. The predicted octanol–water partition coefficient (Wildman–Crippen LogP) is 3.28. The van der Waals surface area contributed by atoms with Crippen molar-refractivity contribution in [2.75, 3.05) is 26.3 Å². The van der Waals surface area contributed by atoms with E-state index in [1.54, 1.807) is 4.90 Å². The van der Waals surface area contributed by atoms with Crippen molar-refractivity contribution in [2.45, 2.75) is 32.8 Å².